The number of nitrogens with zero attached hydrogens (tertiary/aromatic N) is 1. The molecule has 2 aromatic carbocycles. The Bertz CT molecular complexity index is 1440. The van der Waals surface area contributed by atoms with Crippen LogP contribution in [0.25, 0.3) is 10.9 Å². The van der Waals surface area contributed by atoms with E-state index in [1.54, 1.807) is 38.7 Å². The van der Waals surface area contributed by atoms with Crippen LogP contribution in [0.1, 0.15) is 60.9 Å². The van der Waals surface area contributed by atoms with Gasteiger partial charge >= 0.3 is 5.97 Å². The molecule has 3 heterocycles. The summed E-state index contributed by atoms with van der Waals surface area (Å²) < 4.78 is 0. The maximum atomic E-state index is 13.9. The van der Waals surface area contributed by atoms with Crippen LogP contribution in [0, 0.1) is 11.8 Å². The van der Waals surface area contributed by atoms with Crippen molar-refractivity contribution >= 4 is 34.6 Å². The molecule has 0 bridgehead atoms. The molecule has 2 aliphatic rings. The molecule has 1 aromatic heterocycles. The van der Waals surface area contributed by atoms with Crippen molar-refractivity contribution in [1.29, 1.82) is 0 Å². The molecule has 0 aliphatic carbocycles. The van der Waals surface area contributed by atoms with Crippen molar-refractivity contribution in [2.45, 2.75) is 58.3 Å². The molecule has 0 saturated carbocycles. The lowest BCUT2D eigenvalue weighted by Gasteiger charge is -2.38. The number of nitrogens with one attached hydrogen (secondary N) is 3. The molecule has 5 rings (SSSR count). The summed E-state index contributed by atoms with van der Waals surface area (Å²) in [7, 11) is 0. The Labute approximate surface area is 220 Å². The lowest BCUT2D eigenvalue weighted by Crippen LogP contribution is -2.59. The Hall–Kier alpha value is -4.14. The molecule has 3 aromatic rings. The van der Waals surface area contributed by atoms with E-state index in [0.717, 1.165) is 27.7 Å². The summed E-state index contributed by atoms with van der Waals surface area (Å²) in [6, 6.07) is 11.9. The van der Waals surface area contributed by atoms with Crippen molar-refractivity contribution in [2.75, 3.05) is 0 Å². The van der Waals surface area contributed by atoms with Crippen molar-refractivity contribution < 1.29 is 24.3 Å². The van der Waals surface area contributed by atoms with Crippen LogP contribution >= 0.6 is 0 Å². The van der Waals surface area contributed by atoms with Crippen molar-refractivity contribution in [3.05, 3.63) is 70.9 Å². The average molecular weight is 517 g/mol. The number of H-pyrrole nitrogens is 1. The zero-order valence-electron chi connectivity index (χ0n) is 21.8. The molecule has 3 amide bonds. The normalized spacial score (nSPS) is 19.6. The van der Waals surface area contributed by atoms with Crippen LogP contribution < -0.4 is 10.6 Å². The van der Waals surface area contributed by atoms with Gasteiger partial charge in [-0.2, -0.15) is 0 Å². The number of carbonyl (C=O) groups is 4. The lowest BCUT2D eigenvalue weighted by molar-refractivity contribution is -0.143. The van der Waals surface area contributed by atoms with Crippen LogP contribution in [-0.4, -0.2) is 56.8 Å². The second-order valence-electron chi connectivity index (χ2n) is 10.8. The Morgan fingerprint density at radius 2 is 1.61 bits per heavy atom. The monoisotopic (exact) mass is 516 g/mol. The molecule has 4 atom stereocenters. The van der Waals surface area contributed by atoms with Gasteiger partial charge in [0.15, 0.2) is 0 Å². The number of rotatable bonds is 7. The van der Waals surface area contributed by atoms with Crippen LogP contribution in [0.15, 0.2) is 48.5 Å². The molecule has 38 heavy (non-hydrogen) atoms. The number of carbonyl (C=O) groups excluding carboxylic acids is 3. The van der Waals surface area contributed by atoms with Gasteiger partial charge in [0.2, 0.25) is 11.8 Å². The minimum atomic E-state index is -1.13. The first-order valence-corrected chi connectivity index (χ1v) is 12.9. The third kappa shape index (κ3) is 4.12. The van der Waals surface area contributed by atoms with Crippen molar-refractivity contribution in [3.63, 3.8) is 0 Å². The Morgan fingerprint density at radius 3 is 2.29 bits per heavy atom. The van der Waals surface area contributed by atoms with Gasteiger partial charge in [0.05, 0.1) is 6.04 Å². The van der Waals surface area contributed by atoms with Crippen molar-refractivity contribution in [1.82, 2.24) is 20.5 Å². The Morgan fingerprint density at radius 1 is 0.947 bits per heavy atom. The highest BCUT2D eigenvalue weighted by Crippen LogP contribution is 2.46. The van der Waals surface area contributed by atoms with Gasteiger partial charge in [0.25, 0.3) is 5.91 Å². The summed E-state index contributed by atoms with van der Waals surface area (Å²) in [6.07, 6.45) is 0.289. The summed E-state index contributed by atoms with van der Waals surface area (Å²) in [6.45, 7) is 6.99. The van der Waals surface area contributed by atoms with Crippen LogP contribution in [-0.2, 0) is 20.8 Å². The molecule has 9 nitrogen and oxygen atoms in total. The van der Waals surface area contributed by atoms with Gasteiger partial charge in [0.1, 0.15) is 18.1 Å². The third-order valence-electron chi connectivity index (χ3n) is 7.63. The van der Waals surface area contributed by atoms with E-state index in [0.29, 0.717) is 5.56 Å². The first-order chi connectivity index (χ1) is 18.1. The van der Waals surface area contributed by atoms with Crippen molar-refractivity contribution in [2.24, 2.45) is 11.8 Å². The number of carboxylic acids is 1. The van der Waals surface area contributed by atoms with Crippen LogP contribution in [0.3, 0.4) is 0 Å². The van der Waals surface area contributed by atoms with E-state index < -0.39 is 42.0 Å². The summed E-state index contributed by atoms with van der Waals surface area (Å²) in [5, 5.41) is 15.9. The van der Waals surface area contributed by atoms with Gasteiger partial charge in [-0.15, -0.1) is 0 Å². The molecule has 9 heteroatoms. The van der Waals surface area contributed by atoms with Gasteiger partial charge in [0, 0.05) is 28.6 Å². The molecule has 198 valence electrons. The minimum Gasteiger partial charge on any atom is -0.480 e. The zero-order valence-corrected chi connectivity index (χ0v) is 21.8. The van der Waals surface area contributed by atoms with Crippen LogP contribution in [0.5, 0.6) is 0 Å². The number of para-hydroxylation sites is 1. The fraction of sp³-hybridized carbons (Fsp3) is 0.379. The van der Waals surface area contributed by atoms with E-state index in [9.17, 15) is 24.3 Å². The molecule has 0 unspecified atom stereocenters. The fourth-order valence-electron chi connectivity index (χ4n) is 5.68. The molecule has 0 fully saturated rings. The number of benzene rings is 2. The quantitative estimate of drug-likeness (QED) is 0.383. The topological polar surface area (TPSA) is 132 Å². The third-order valence-corrected chi connectivity index (χ3v) is 7.63. The van der Waals surface area contributed by atoms with E-state index >= 15 is 0 Å². The molecule has 0 spiro atoms. The standard InChI is InChI=1S/C29H32N4O5/c1-14(2)22(27(35)32-23(15(3)4)29(37)38)31-26(34)21-13-19-16-9-7-8-12-20(16)30-24(19)25-17-10-5-6-11-18(17)28(36)33(21)25/h5-12,14-15,21-23,25,30H,13H2,1-4H3,(H,31,34)(H,32,35)(H,37,38)/t21-,22+,23-,25-/m0/s1. The number of hydrogen-bond acceptors (Lipinski definition) is 4. The van der Waals surface area contributed by atoms with E-state index in [-0.39, 0.29) is 24.2 Å². The van der Waals surface area contributed by atoms with Gasteiger partial charge in [-0.25, -0.2) is 4.79 Å². The number of fused-ring (bicyclic) bond motifs is 7. The molecule has 2 aliphatic heterocycles. The number of carboxylic acid groups (broad SMARTS) is 1. The summed E-state index contributed by atoms with van der Waals surface area (Å²) in [4.78, 5) is 57.4. The largest absolute Gasteiger partial charge is 0.480 e. The maximum Gasteiger partial charge on any atom is 0.326 e. The Kier molecular flexibility index (Phi) is 6.46. The van der Waals surface area contributed by atoms with Crippen LogP contribution in [0.2, 0.25) is 0 Å². The van der Waals surface area contributed by atoms with E-state index in [1.807, 2.05) is 42.5 Å². The first-order valence-electron chi connectivity index (χ1n) is 12.9. The highest BCUT2D eigenvalue weighted by atomic mass is 16.4. The smallest absolute Gasteiger partial charge is 0.326 e. The summed E-state index contributed by atoms with van der Waals surface area (Å²) >= 11 is 0. The number of aromatic amines is 1. The lowest BCUT2D eigenvalue weighted by atomic mass is 9.89. The maximum absolute atomic E-state index is 13.9. The van der Waals surface area contributed by atoms with Gasteiger partial charge in [-0.3, -0.25) is 14.4 Å². The number of amides is 3. The minimum absolute atomic E-state index is 0.230. The van der Waals surface area contributed by atoms with Gasteiger partial charge < -0.3 is 25.6 Å². The van der Waals surface area contributed by atoms with Crippen LogP contribution in [0.4, 0.5) is 0 Å². The predicted octanol–water partition coefficient (Wildman–Crippen LogP) is 3.00. The number of aromatic nitrogens is 1. The highest BCUT2D eigenvalue weighted by molar-refractivity contribution is 6.04. The second-order valence-corrected chi connectivity index (χ2v) is 10.8. The molecule has 0 radical (unpaired) electrons. The molecular weight excluding hydrogens is 484 g/mol. The van der Waals surface area contributed by atoms with E-state index in [4.69, 9.17) is 0 Å². The van der Waals surface area contributed by atoms with E-state index in [1.165, 1.54) is 0 Å². The average Bonchev–Trinajstić information content (AvgIpc) is 3.40. The SMILES string of the molecule is CC(C)[C@H](NC(=O)[C@H](NC(=O)[C@@H]1Cc2c([nH]c3ccccc23)[C@@H]2c3ccccc3C(=O)N21)C(C)C)C(=O)O. The fourth-order valence-corrected chi connectivity index (χ4v) is 5.68. The number of hydrogen-bond donors (Lipinski definition) is 4. The predicted molar refractivity (Wildman–Crippen MR) is 141 cm³/mol. The summed E-state index contributed by atoms with van der Waals surface area (Å²) in [5.74, 6) is -3.02. The highest BCUT2D eigenvalue weighted by Gasteiger charge is 2.49. The van der Waals surface area contributed by atoms with Gasteiger partial charge in [-0.1, -0.05) is 64.1 Å². The first kappa shape index (κ1) is 25.5. The molecule has 0 saturated heterocycles. The van der Waals surface area contributed by atoms with Crippen molar-refractivity contribution in [3.8, 4) is 0 Å². The Balaban J connectivity index is 1.50. The van der Waals surface area contributed by atoms with E-state index in [2.05, 4.69) is 15.6 Å². The number of aliphatic carboxylic acids is 1. The summed E-state index contributed by atoms with van der Waals surface area (Å²) in [5.41, 5.74) is 4.20. The zero-order chi connectivity index (χ0) is 27.3. The second kappa shape index (κ2) is 9.63. The molecular formula is C29H32N4O5. The van der Waals surface area contributed by atoms with Gasteiger partial charge in [-0.05, 0) is 35.1 Å². The molecule has 4 N–H and O–H groups in total.